The van der Waals surface area contributed by atoms with E-state index in [0.717, 1.165) is 19.3 Å². The highest BCUT2D eigenvalue weighted by Crippen LogP contribution is 2.06. The van der Waals surface area contributed by atoms with Gasteiger partial charge >= 0.3 is 12.2 Å². The molecule has 0 aliphatic carbocycles. The van der Waals surface area contributed by atoms with Gasteiger partial charge in [0.15, 0.2) is 0 Å². The molecule has 0 radical (unpaired) electrons. The minimum absolute atomic E-state index is 0.0152. The van der Waals surface area contributed by atoms with E-state index in [9.17, 15) is 14.4 Å². The van der Waals surface area contributed by atoms with E-state index in [-0.39, 0.29) is 18.4 Å². The lowest BCUT2D eigenvalue weighted by molar-refractivity contribution is -0.119. The van der Waals surface area contributed by atoms with Crippen LogP contribution in [0.25, 0.3) is 0 Å². The first kappa shape index (κ1) is 22.6. The number of aliphatic imine (C=N–C) groups is 1. The minimum atomic E-state index is -1.33. The van der Waals surface area contributed by atoms with Gasteiger partial charge in [-0.05, 0) is 33.6 Å². The molecule has 144 valence electrons. The Kier molecular flexibility index (Phi) is 10.9. The maximum atomic E-state index is 11.6. The van der Waals surface area contributed by atoms with Crippen LogP contribution in [0.2, 0.25) is 0 Å². The first-order valence-electron chi connectivity index (χ1n) is 8.15. The molecule has 0 aliphatic rings. The Balaban J connectivity index is 4.13. The van der Waals surface area contributed by atoms with Gasteiger partial charge in [0.05, 0.1) is 6.54 Å². The Hall–Kier alpha value is -2.36. The number of rotatable bonds is 8. The summed E-state index contributed by atoms with van der Waals surface area (Å²) in [5.41, 5.74) is 4.47. The number of carbonyl (C=O) groups is 3. The van der Waals surface area contributed by atoms with Gasteiger partial charge in [0.25, 0.3) is 0 Å². The topological polar surface area (TPSA) is 155 Å². The van der Waals surface area contributed by atoms with E-state index in [0.29, 0.717) is 19.5 Å². The molecule has 0 aromatic heterocycles. The summed E-state index contributed by atoms with van der Waals surface area (Å²) < 4.78 is 5.04. The lowest BCUT2D eigenvalue weighted by Gasteiger charge is -2.20. The Morgan fingerprint density at radius 3 is 2.28 bits per heavy atom. The highest BCUT2D eigenvalue weighted by Gasteiger charge is 2.18. The number of hydrogen-bond acceptors (Lipinski definition) is 6. The summed E-state index contributed by atoms with van der Waals surface area (Å²) in [7, 11) is 0. The third-order valence-corrected chi connectivity index (χ3v) is 2.71. The van der Waals surface area contributed by atoms with Gasteiger partial charge < -0.3 is 20.9 Å². The molecule has 0 aliphatic heterocycles. The van der Waals surface area contributed by atoms with Gasteiger partial charge in [-0.2, -0.15) is 0 Å². The Morgan fingerprint density at radius 1 is 1.08 bits per heavy atom. The number of nitrogens with zero attached hydrogens (tertiary/aromatic N) is 1. The predicted molar refractivity (Wildman–Crippen MR) is 93.4 cm³/mol. The number of unbranched alkanes of at least 4 members (excludes halogenated alkanes) is 3. The van der Waals surface area contributed by atoms with Crippen LogP contribution < -0.4 is 21.7 Å². The van der Waals surface area contributed by atoms with Crippen molar-refractivity contribution in [1.82, 2.24) is 16.0 Å². The molecule has 0 unspecified atom stereocenters. The molecule has 0 spiro atoms. The highest BCUT2D eigenvalue weighted by molar-refractivity contribution is 6.00. The van der Waals surface area contributed by atoms with Crippen molar-refractivity contribution in [1.29, 1.82) is 0 Å². The molecule has 10 nitrogen and oxygen atoms in total. The van der Waals surface area contributed by atoms with Crippen molar-refractivity contribution in [2.75, 3.05) is 19.6 Å². The van der Waals surface area contributed by atoms with E-state index in [1.807, 2.05) is 5.32 Å². The number of carboxylic acid groups (broad SMARTS) is 1. The zero-order chi connectivity index (χ0) is 19.3. The van der Waals surface area contributed by atoms with Crippen molar-refractivity contribution in [3.8, 4) is 0 Å². The molecular weight excluding hydrogens is 330 g/mol. The lowest BCUT2D eigenvalue weighted by atomic mass is 10.2. The van der Waals surface area contributed by atoms with E-state index in [1.54, 1.807) is 20.8 Å². The van der Waals surface area contributed by atoms with Crippen LogP contribution in [-0.2, 0) is 9.53 Å². The van der Waals surface area contributed by atoms with Gasteiger partial charge in [0, 0.05) is 13.1 Å². The summed E-state index contributed by atoms with van der Waals surface area (Å²) in [6, 6.07) is 0. The van der Waals surface area contributed by atoms with Crippen LogP contribution >= 0.6 is 0 Å². The van der Waals surface area contributed by atoms with Crippen LogP contribution in [-0.4, -0.2) is 54.4 Å². The molecule has 0 aromatic rings. The fourth-order valence-corrected chi connectivity index (χ4v) is 1.69. The fourth-order valence-electron chi connectivity index (χ4n) is 1.69. The standard InChI is InChI=1S/C15H29N5O5/c1-15(2,3)25-14(24)20-12(19-13(22)23)18-9-7-5-4-6-8-17-11(21)10-16/h4-10,16H2,1-3H3,(H,17,21)(H,22,23)(H2,18,19,20,24). The van der Waals surface area contributed by atoms with E-state index in [4.69, 9.17) is 15.6 Å². The molecular formula is C15H29N5O5. The van der Waals surface area contributed by atoms with Crippen LogP contribution in [0.1, 0.15) is 46.5 Å². The normalized spacial score (nSPS) is 11.6. The zero-order valence-corrected chi connectivity index (χ0v) is 15.1. The Bertz CT molecular complexity index is 473. The van der Waals surface area contributed by atoms with Gasteiger partial charge in [0.2, 0.25) is 11.9 Å². The van der Waals surface area contributed by atoms with Gasteiger partial charge in [-0.1, -0.05) is 12.8 Å². The summed E-state index contributed by atoms with van der Waals surface area (Å²) in [6.45, 7) is 6.00. The number of hydrogen-bond donors (Lipinski definition) is 5. The Labute approximate surface area is 147 Å². The maximum absolute atomic E-state index is 11.6. The summed E-state index contributed by atoms with van der Waals surface area (Å²) in [5.74, 6) is -0.348. The van der Waals surface area contributed by atoms with E-state index >= 15 is 0 Å². The van der Waals surface area contributed by atoms with Crippen LogP contribution in [0.4, 0.5) is 9.59 Å². The second-order valence-corrected chi connectivity index (χ2v) is 6.26. The van der Waals surface area contributed by atoms with Crippen molar-refractivity contribution in [2.24, 2.45) is 10.7 Å². The smallest absolute Gasteiger partial charge is 0.414 e. The number of nitrogens with two attached hydrogens (primary N) is 1. The van der Waals surface area contributed by atoms with E-state index < -0.39 is 17.8 Å². The number of amides is 3. The van der Waals surface area contributed by atoms with Crippen molar-refractivity contribution in [3.63, 3.8) is 0 Å². The van der Waals surface area contributed by atoms with Crippen LogP contribution in [0, 0.1) is 0 Å². The SMILES string of the molecule is CC(C)(C)OC(=O)NC(=NCCCCCCNC(=O)CN)NC(=O)O. The molecule has 0 saturated carbocycles. The molecule has 25 heavy (non-hydrogen) atoms. The first-order chi connectivity index (χ1) is 11.6. The number of nitrogens with one attached hydrogen (secondary N) is 3. The number of guanidine groups is 1. The molecule has 0 bridgehead atoms. The molecule has 10 heteroatoms. The molecule has 0 heterocycles. The second kappa shape index (κ2) is 12.1. The zero-order valence-electron chi connectivity index (χ0n) is 15.1. The Morgan fingerprint density at radius 2 is 1.72 bits per heavy atom. The third kappa shape index (κ3) is 14.9. The summed E-state index contributed by atoms with van der Waals surface area (Å²) in [6.07, 6.45) is 1.18. The fraction of sp³-hybridized carbons (Fsp3) is 0.733. The molecule has 6 N–H and O–H groups in total. The second-order valence-electron chi connectivity index (χ2n) is 6.26. The summed E-state index contributed by atoms with van der Waals surface area (Å²) in [4.78, 5) is 37.3. The van der Waals surface area contributed by atoms with Crippen molar-refractivity contribution < 1.29 is 24.2 Å². The largest absolute Gasteiger partial charge is 0.465 e. The van der Waals surface area contributed by atoms with Crippen molar-refractivity contribution in [3.05, 3.63) is 0 Å². The lowest BCUT2D eigenvalue weighted by Crippen LogP contribution is -2.45. The molecule has 3 amide bonds. The number of alkyl carbamates (subject to hydrolysis) is 1. The van der Waals surface area contributed by atoms with Crippen molar-refractivity contribution >= 4 is 24.1 Å². The average molecular weight is 359 g/mol. The van der Waals surface area contributed by atoms with Gasteiger partial charge in [-0.15, -0.1) is 0 Å². The minimum Gasteiger partial charge on any atom is -0.465 e. The van der Waals surface area contributed by atoms with E-state index in [1.165, 1.54) is 0 Å². The molecule has 0 rings (SSSR count). The predicted octanol–water partition coefficient (Wildman–Crippen LogP) is 0.770. The molecule has 0 fully saturated rings. The highest BCUT2D eigenvalue weighted by atomic mass is 16.6. The molecule has 0 saturated heterocycles. The average Bonchev–Trinajstić information content (AvgIpc) is 2.46. The van der Waals surface area contributed by atoms with Gasteiger partial charge in [-0.3, -0.25) is 20.4 Å². The molecule has 0 atom stereocenters. The van der Waals surface area contributed by atoms with Gasteiger partial charge in [-0.25, -0.2) is 9.59 Å². The van der Waals surface area contributed by atoms with Crippen LogP contribution in [0.15, 0.2) is 4.99 Å². The summed E-state index contributed by atoms with van der Waals surface area (Å²) in [5, 5.41) is 15.7. The molecule has 0 aromatic carbocycles. The van der Waals surface area contributed by atoms with Crippen LogP contribution in [0.3, 0.4) is 0 Å². The quantitative estimate of drug-likeness (QED) is 0.245. The monoisotopic (exact) mass is 359 g/mol. The van der Waals surface area contributed by atoms with Crippen LogP contribution in [0.5, 0.6) is 0 Å². The van der Waals surface area contributed by atoms with Gasteiger partial charge in [0.1, 0.15) is 5.60 Å². The van der Waals surface area contributed by atoms with E-state index in [2.05, 4.69) is 15.6 Å². The van der Waals surface area contributed by atoms with Crippen molar-refractivity contribution in [2.45, 2.75) is 52.1 Å². The first-order valence-corrected chi connectivity index (χ1v) is 8.15. The maximum Gasteiger partial charge on any atom is 0.414 e. The number of carbonyl (C=O) groups excluding carboxylic acids is 2. The number of ether oxygens (including phenoxy) is 1. The third-order valence-electron chi connectivity index (χ3n) is 2.71. The summed E-state index contributed by atoms with van der Waals surface area (Å²) >= 11 is 0.